The van der Waals surface area contributed by atoms with E-state index in [0.29, 0.717) is 6.61 Å². The van der Waals surface area contributed by atoms with Gasteiger partial charge >= 0.3 is 0 Å². The molecule has 0 aliphatic carbocycles. The first-order valence-electron chi connectivity index (χ1n) is 8.61. The van der Waals surface area contributed by atoms with Crippen LogP contribution < -0.4 is 9.64 Å². The van der Waals surface area contributed by atoms with Crippen molar-refractivity contribution in [3.8, 4) is 5.75 Å². The third-order valence-electron chi connectivity index (χ3n) is 3.89. The van der Waals surface area contributed by atoms with Crippen LogP contribution in [0.2, 0.25) is 0 Å². The van der Waals surface area contributed by atoms with Gasteiger partial charge in [0.15, 0.2) is 0 Å². The third kappa shape index (κ3) is 6.80. The highest BCUT2D eigenvalue weighted by Crippen LogP contribution is 2.24. The van der Waals surface area contributed by atoms with E-state index < -0.39 is 6.10 Å². The Kier molecular flexibility index (Phi) is 7.91. The molecular weight excluding hydrogens is 274 g/mol. The lowest BCUT2D eigenvalue weighted by atomic mass is 9.87. The molecule has 22 heavy (non-hydrogen) atoms. The number of benzene rings is 1. The average molecular weight is 308 g/mol. The Morgan fingerprint density at radius 3 is 2.05 bits per heavy atom. The first-order valence-corrected chi connectivity index (χ1v) is 8.61. The largest absolute Gasteiger partial charge is 0.491 e. The van der Waals surface area contributed by atoms with Crippen LogP contribution in [0.3, 0.4) is 0 Å². The van der Waals surface area contributed by atoms with E-state index in [2.05, 4.69) is 46.8 Å². The van der Waals surface area contributed by atoms with Gasteiger partial charge in [0.05, 0.1) is 13.1 Å². The lowest BCUT2D eigenvalue weighted by Crippen LogP contribution is -3.13. The van der Waals surface area contributed by atoms with Gasteiger partial charge in [-0.05, 0) is 36.0 Å². The van der Waals surface area contributed by atoms with E-state index in [9.17, 15) is 5.11 Å². The molecule has 126 valence electrons. The lowest BCUT2D eigenvalue weighted by Gasteiger charge is -2.22. The highest BCUT2D eigenvalue weighted by atomic mass is 16.5. The fraction of sp³-hybridized carbons (Fsp3) is 0.684. The number of hydrogen-bond donors (Lipinski definition) is 2. The van der Waals surface area contributed by atoms with Crippen molar-refractivity contribution in [1.29, 1.82) is 0 Å². The normalized spacial score (nSPS) is 13.4. The zero-order chi connectivity index (χ0) is 16.6. The van der Waals surface area contributed by atoms with Crippen LogP contribution in [0.5, 0.6) is 5.75 Å². The van der Waals surface area contributed by atoms with Crippen LogP contribution in [0.25, 0.3) is 0 Å². The quantitative estimate of drug-likeness (QED) is 0.735. The van der Waals surface area contributed by atoms with E-state index in [1.807, 2.05) is 12.1 Å². The van der Waals surface area contributed by atoms with Gasteiger partial charge in [-0.15, -0.1) is 0 Å². The highest BCUT2D eigenvalue weighted by molar-refractivity contribution is 5.31. The summed E-state index contributed by atoms with van der Waals surface area (Å²) in [5.41, 5.74) is 1.45. The predicted molar refractivity (Wildman–Crippen MR) is 92.8 cm³/mol. The van der Waals surface area contributed by atoms with Gasteiger partial charge in [-0.2, -0.15) is 0 Å². The third-order valence-corrected chi connectivity index (χ3v) is 3.89. The second-order valence-electron chi connectivity index (χ2n) is 7.19. The highest BCUT2D eigenvalue weighted by Gasteiger charge is 2.15. The van der Waals surface area contributed by atoms with Crippen LogP contribution in [0, 0.1) is 0 Å². The summed E-state index contributed by atoms with van der Waals surface area (Å²) in [6.07, 6.45) is 1.89. The number of nitrogens with one attached hydrogen (secondary N) is 1. The van der Waals surface area contributed by atoms with E-state index >= 15 is 0 Å². The molecule has 0 radical (unpaired) electrons. The predicted octanol–water partition coefficient (Wildman–Crippen LogP) is 2.43. The van der Waals surface area contributed by atoms with Crippen molar-refractivity contribution < 1.29 is 14.7 Å². The maximum atomic E-state index is 10.2. The molecule has 0 fully saturated rings. The Morgan fingerprint density at radius 1 is 1.05 bits per heavy atom. The number of ether oxygens (including phenoxy) is 1. The Morgan fingerprint density at radius 2 is 1.59 bits per heavy atom. The van der Waals surface area contributed by atoms with Gasteiger partial charge in [0, 0.05) is 0 Å². The van der Waals surface area contributed by atoms with Crippen LogP contribution in [-0.4, -0.2) is 37.5 Å². The molecule has 0 aliphatic rings. The first kappa shape index (κ1) is 19.0. The van der Waals surface area contributed by atoms with Gasteiger partial charge in [0.25, 0.3) is 0 Å². The molecule has 3 heteroatoms. The van der Waals surface area contributed by atoms with Gasteiger partial charge < -0.3 is 14.7 Å². The maximum Gasteiger partial charge on any atom is 0.137 e. The molecule has 0 bridgehead atoms. The van der Waals surface area contributed by atoms with Crippen molar-refractivity contribution in [2.75, 3.05) is 26.2 Å². The van der Waals surface area contributed by atoms with Crippen molar-refractivity contribution in [3.63, 3.8) is 0 Å². The van der Waals surface area contributed by atoms with E-state index in [4.69, 9.17) is 4.74 Å². The number of hydrogen-bond acceptors (Lipinski definition) is 2. The summed E-state index contributed by atoms with van der Waals surface area (Å²) < 4.78 is 5.73. The average Bonchev–Trinajstić information content (AvgIpc) is 2.45. The molecule has 1 aromatic carbocycles. The second kappa shape index (κ2) is 9.16. The van der Waals surface area contributed by atoms with Gasteiger partial charge in [-0.25, -0.2) is 0 Å². The van der Waals surface area contributed by atoms with Crippen molar-refractivity contribution in [2.24, 2.45) is 0 Å². The minimum absolute atomic E-state index is 0.155. The smallest absolute Gasteiger partial charge is 0.137 e. The molecule has 1 atom stereocenters. The van der Waals surface area contributed by atoms with E-state index in [1.54, 1.807) is 0 Å². The Bertz CT molecular complexity index is 402. The zero-order valence-corrected chi connectivity index (χ0v) is 15.0. The molecule has 0 saturated carbocycles. The number of aliphatic hydroxyl groups excluding tert-OH is 1. The van der Waals surface area contributed by atoms with Gasteiger partial charge in [0.1, 0.15) is 25.0 Å². The lowest BCUT2D eigenvalue weighted by molar-refractivity contribution is -0.903. The summed E-state index contributed by atoms with van der Waals surface area (Å²) in [5, 5.41) is 10.2. The minimum Gasteiger partial charge on any atom is -0.491 e. The SMILES string of the molecule is CCC[NH+](CCC)C[C@H](O)COc1ccc(C(C)(C)C)cc1. The summed E-state index contributed by atoms with van der Waals surface area (Å²) in [7, 11) is 0. The second-order valence-corrected chi connectivity index (χ2v) is 7.19. The summed E-state index contributed by atoms with van der Waals surface area (Å²) in [5.74, 6) is 0.833. The van der Waals surface area contributed by atoms with Crippen LogP contribution in [0.15, 0.2) is 24.3 Å². The first-order chi connectivity index (χ1) is 10.4. The standard InChI is InChI=1S/C19H33NO2/c1-6-12-20(13-7-2)14-17(21)15-22-18-10-8-16(9-11-18)19(3,4)5/h8-11,17,21H,6-7,12-15H2,1-5H3/p+1/t17-/m0/s1. The molecule has 3 nitrogen and oxygen atoms in total. The fourth-order valence-corrected chi connectivity index (χ4v) is 2.67. The molecule has 1 rings (SSSR count). The van der Waals surface area contributed by atoms with Crippen LogP contribution in [0.1, 0.15) is 53.0 Å². The van der Waals surface area contributed by atoms with E-state index in [1.165, 1.54) is 10.5 Å². The van der Waals surface area contributed by atoms with Crippen molar-refractivity contribution in [3.05, 3.63) is 29.8 Å². The molecule has 0 aliphatic heterocycles. The molecule has 0 saturated heterocycles. The van der Waals surface area contributed by atoms with Crippen molar-refractivity contribution in [1.82, 2.24) is 0 Å². The molecule has 1 aromatic rings. The molecule has 0 aromatic heterocycles. The molecule has 0 heterocycles. The summed E-state index contributed by atoms with van der Waals surface area (Å²) in [6.45, 7) is 14.3. The summed E-state index contributed by atoms with van der Waals surface area (Å²) in [4.78, 5) is 1.46. The Hall–Kier alpha value is -1.06. The maximum absolute atomic E-state index is 10.2. The van der Waals surface area contributed by atoms with Crippen molar-refractivity contribution >= 4 is 0 Å². The van der Waals surface area contributed by atoms with Gasteiger partial charge in [0.2, 0.25) is 0 Å². The molecular formula is C19H34NO2+. The van der Waals surface area contributed by atoms with E-state index in [-0.39, 0.29) is 5.41 Å². The van der Waals surface area contributed by atoms with Crippen LogP contribution >= 0.6 is 0 Å². The van der Waals surface area contributed by atoms with Crippen molar-refractivity contribution in [2.45, 2.75) is 59.0 Å². The van der Waals surface area contributed by atoms with Gasteiger partial charge in [-0.1, -0.05) is 46.8 Å². The minimum atomic E-state index is -0.407. The van der Waals surface area contributed by atoms with Gasteiger partial charge in [-0.3, -0.25) is 0 Å². The molecule has 0 spiro atoms. The zero-order valence-electron chi connectivity index (χ0n) is 15.0. The van der Waals surface area contributed by atoms with E-state index in [0.717, 1.165) is 38.2 Å². The number of aliphatic hydroxyl groups is 1. The monoisotopic (exact) mass is 308 g/mol. The fourth-order valence-electron chi connectivity index (χ4n) is 2.67. The summed E-state index contributed by atoms with van der Waals surface area (Å²) in [6, 6.07) is 8.20. The molecule has 0 amide bonds. The Labute approximate surface area is 136 Å². The van der Waals surface area contributed by atoms with Crippen LogP contribution in [0.4, 0.5) is 0 Å². The Balaban J connectivity index is 2.44. The number of quaternary nitrogens is 1. The summed E-state index contributed by atoms with van der Waals surface area (Å²) >= 11 is 0. The van der Waals surface area contributed by atoms with Crippen LogP contribution in [-0.2, 0) is 5.41 Å². The topological polar surface area (TPSA) is 33.9 Å². The molecule has 2 N–H and O–H groups in total. The number of rotatable bonds is 9. The molecule has 0 unspecified atom stereocenters.